The Bertz CT molecular complexity index is 442. The van der Waals surface area contributed by atoms with Gasteiger partial charge in [-0.3, -0.25) is 0 Å². The van der Waals surface area contributed by atoms with Crippen molar-refractivity contribution in [1.29, 1.82) is 0 Å². The molecule has 0 atom stereocenters. The number of nitrogens with zero attached hydrogens (tertiary/aromatic N) is 1. The lowest BCUT2D eigenvalue weighted by atomic mass is 10.3. The number of nitrogens with one attached hydrogen (secondary N) is 3. The maximum absolute atomic E-state index is 11.6. The van der Waals surface area contributed by atoms with E-state index in [9.17, 15) is 4.79 Å². The molecule has 1 heterocycles. The Morgan fingerprint density at radius 3 is 2.67 bits per heavy atom. The number of amides is 2. The summed E-state index contributed by atoms with van der Waals surface area (Å²) in [6.45, 7) is 1.56. The van der Waals surface area contributed by atoms with Crippen LogP contribution in [-0.4, -0.2) is 32.2 Å². The Morgan fingerprint density at radius 2 is 2.00 bits per heavy atom. The quantitative estimate of drug-likeness (QED) is 0.755. The van der Waals surface area contributed by atoms with E-state index in [1.165, 1.54) is 0 Å². The van der Waals surface area contributed by atoms with Crippen molar-refractivity contribution < 1.29 is 9.53 Å². The van der Waals surface area contributed by atoms with Gasteiger partial charge in [0.25, 0.3) is 0 Å². The summed E-state index contributed by atoms with van der Waals surface area (Å²) in [6, 6.07) is 6.74. The van der Waals surface area contributed by atoms with Gasteiger partial charge in [0.15, 0.2) is 0 Å². The number of ether oxygens (including phenoxy) is 1. The number of hydrogen-bond donors (Lipinski definition) is 3. The van der Waals surface area contributed by atoms with E-state index in [1.807, 2.05) is 12.1 Å². The second-order valence-corrected chi connectivity index (χ2v) is 3.44. The summed E-state index contributed by atoms with van der Waals surface area (Å²) in [5.74, 6) is 1.10. The molecule has 7 heteroatoms. The lowest BCUT2D eigenvalue weighted by Gasteiger charge is -2.07. The lowest BCUT2D eigenvalue weighted by molar-refractivity contribution is 0.259. The molecule has 6 nitrogen and oxygen atoms in total. The van der Waals surface area contributed by atoms with Gasteiger partial charge in [-0.1, -0.05) is 12.1 Å². The third-order valence-electron chi connectivity index (χ3n) is 2.27. The average molecular weight is 271 g/mol. The fourth-order valence-corrected chi connectivity index (χ4v) is 1.50. The number of halogens is 1. The van der Waals surface area contributed by atoms with Gasteiger partial charge >= 0.3 is 6.03 Å². The number of hydrogen-bond acceptors (Lipinski definition) is 2. The molecule has 98 valence electrons. The topological polar surface area (TPSA) is 74.8 Å². The third-order valence-corrected chi connectivity index (χ3v) is 2.27. The summed E-state index contributed by atoms with van der Waals surface area (Å²) in [5.41, 5.74) is 0.599. The van der Waals surface area contributed by atoms with E-state index < -0.39 is 6.03 Å². The molecule has 0 spiro atoms. The zero-order valence-corrected chi connectivity index (χ0v) is 10.7. The van der Waals surface area contributed by atoms with Crippen LogP contribution in [0, 0.1) is 0 Å². The van der Waals surface area contributed by atoms with Gasteiger partial charge < -0.3 is 20.7 Å². The predicted octanol–water partition coefficient (Wildman–Crippen LogP) is 1.20. The van der Waals surface area contributed by atoms with Gasteiger partial charge in [-0.15, -0.1) is 12.4 Å². The Balaban J connectivity index is 0.00000162. The first-order valence-corrected chi connectivity index (χ1v) is 5.30. The van der Waals surface area contributed by atoms with Crippen molar-refractivity contribution in [3.63, 3.8) is 0 Å². The molecular formula is C11H15ClN4O2. The fourth-order valence-electron chi connectivity index (χ4n) is 1.50. The molecule has 1 aliphatic rings. The molecule has 2 amide bonds. The van der Waals surface area contributed by atoms with Crippen LogP contribution in [0.2, 0.25) is 0 Å². The van der Waals surface area contributed by atoms with Crippen LogP contribution in [0.1, 0.15) is 0 Å². The van der Waals surface area contributed by atoms with E-state index in [0.717, 1.165) is 13.1 Å². The largest absolute Gasteiger partial charge is 0.495 e. The number of anilines is 1. The molecular weight excluding hydrogens is 256 g/mol. The first-order valence-electron chi connectivity index (χ1n) is 5.30. The maximum atomic E-state index is 11.6. The molecule has 1 saturated heterocycles. The van der Waals surface area contributed by atoms with Crippen molar-refractivity contribution in [3.8, 4) is 5.75 Å². The van der Waals surface area contributed by atoms with Crippen molar-refractivity contribution in [2.75, 3.05) is 25.5 Å². The van der Waals surface area contributed by atoms with E-state index in [-0.39, 0.29) is 12.4 Å². The molecule has 0 aliphatic carbocycles. The first-order chi connectivity index (χ1) is 8.29. The minimum Gasteiger partial charge on any atom is -0.495 e. The van der Waals surface area contributed by atoms with Crippen LogP contribution >= 0.6 is 12.4 Å². The Hall–Kier alpha value is -1.95. The molecule has 1 aromatic rings. The van der Waals surface area contributed by atoms with Crippen LogP contribution in [0.5, 0.6) is 5.75 Å². The summed E-state index contributed by atoms with van der Waals surface area (Å²) < 4.78 is 5.12. The summed E-state index contributed by atoms with van der Waals surface area (Å²) in [5, 5.41) is 8.55. The smallest absolute Gasteiger partial charge is 0.348 e. The lowest BCUT2D eigenvalue weighted by Crippen LogP contribution is -2.26. The van der Waals surface area contributed by atoms with E-state index in [4.69, 9.17) is 4.74 Å². The van der Waals surface area contributed by atoms with Gasteiger partial charge in [-0.25, -0.2) is 4.79 Å². The number of urea groups is 1. The number of carbonyl (C=O) groups is 1. The van der Waals surface area contributed by atoms with Crippen LogP contribution < -0.4 is 20.7 Å². The second-order valence-electron chi connectivity index (χ2n) is 3.44. The third kappa shape index (κ3) is 3.53. The molecule has 0 radical (unpaired) electrons. The number of aliphatic imine (C=N–C) groups is 1. The van der Waals surface area contributed by atoms with Crippen molar-refractivity contribution in [2.24, 2.45) is 4.99 Å². The Morgan fingerprint density at radius 1 is 1.33 bits per heavy atom. The molecule has 3 N–H and O–H groups in total. The SMILES string of the molecule is COc1ccccc1NC(=O)N=C1NCCN1.Cl. The molecule has 0 unspecified atom stereocenters. The number of benzene rings is 1. The number of methoxy groups -OCH3 is 1. The van der Waals surface area contributed by atoms with Crippen molar-refractivity contribution in [1.82, 2.24) is 10.6 Å². The van der Waals surface area contributed by atoms with Gasteiger partial charge in [0.1, 0.15) is 5.75 Å². The molecule has 0 bridgehead atoms. The van der Waals surface area contributed by atoms with Crippen molar-refractivity contribution in [3.05, 3.63) is 24.3 Å². The van der Waals surface area contributed by atoms with Gasteiger partial charge in [0, 0.05) is 13.1 Å². The molecule has 18 heavy (non-hydrogen) atoms. The van der Waals surface area contributed by atoms with E-state index >= 15 is 0 Å². The Kier molecular flexibility index (Phi) is 5.26. The number of guanidine groups is 1. The highest BCUT2D eigenvalue weighted by Crippen LogP contribution is 2.22. The van der Waals surface area contributed by atoms with Gasteiger partial charge in [-0.05, 0) is 12.1 Å². The van der Waals surface area contributed by atoms with Gasteiger partial charge in [0.2, 0.25) is 5.96 Å². The van der Waals surface area contributed by atoms with Crippen LogP contribution in [-0.2, 0) is 0 Å². The van der Waals surface area contributed by atoms with Crippen LogP contribution in [0.25, 0.3) is 0 Å². The minimum atomic E-state index is -0.439. The molecule has 2 rings (SSSR count). The first kappa shape index (κ1) is 14.1. The van der Waals surface area contributed by atoms with Gasteiger partial charge in [-0.2, -0.15) is 4.99 Å². The van der Waals surface area contributed by atoms with Crippen molar-refractivity contribution >= 4 is 30.1 Å². The highest BCUT2D eigenvalue weighted by molar-refractivity contribution is 6.00. The van der Waals surface area contributed by atoms with E-state index in [2.05, 4.69) is 20.9 Å². The van der Waals surface area contributed by atoms with Gasteiger partial charge in [0.05, 0.1) is 12.8 Å². The molecule has 0 saturated carbocycles. The van der Waals surface area contributed by atoms with E-state index in [0.29, 0.717) is 17.4 Å². The zero-order chi connectivity index (χ0) is 12.1. The second kappa shape index (κ2) is 6.70. The summed E-state index contributed by atoms with van der Waals surface area (Å²) in [4.78, 5) is 15.4. The number of carbonyl (C=O) groups excluding carboxylic acids is 1. The fraction of sp³-hybridized carbons (Fsp3) is 0.273. The molecule has 1 aromatic carbocycles. The normalized spacial score (nSPS) is 12.8. The van der Waals surface area contributed by atoms with Crippen LogP contribution in [0.3, 0.4) is 0 Å². The van der Waals surface area contributed by atoms with E-state index in [1.54, 1.807) is 19.2 Å². The minimum absolute atomic E-state index is 0. The number of para-hydroxylation sites is 2. The standard InChI is InChI=1S/C11H14N4O2.ClH/c1-17-9-5-3-2-4-8(9)14-11(16)15-10-12-6-7-13-10;/h2-5H,6-7H2,1H3,(H3,12,13,14,15,16);1H. The van der Waals surface area contributed by atoms with Crippen LogP contribution in [0.15, 0.2) is 29.3 Å². The van der Waals surface area contributed by atoms with Crippen molar-refractivity contribution in [2.45, 2.75) is 0 Å². The summed E-state index contributed by atoms with van der Waals surface area (Å²) >= 11 is 0. The predicted molar refractivity (Wildman–Crippen MR) is 72.7 cm³/mol. The highest BCUT2D eigenvalue weighted by Gasteiger charge is 2.09. The summed E-state index contributed by atoms with van der Waals surface area (Å²) in [7, 11) is 1.55. The monoisotopic (exact) mass is 270 g/mol. The average Bonchev–Trinajstić information content (AvgIpc) is 2.82. The Labute approximate surface area is 111 Å². The summed E-state index contributed by atoms with van der Waals surface area (Å²) in [6.07, 6.45) is 0. The number of rotatable bonds is 2. The zero-order valence-electron chi connectivity index (χ0n) is 9.90. The maximum Gasteiger partial charge on any atom is 0.348 e. The van der Waals surface area contributed by atoms with Crippen LogP contribution in [0.4, 0.5) is 10.5 Å². The molecule has 1 fully saturated rings. The highest BCUT2D eigenvalue weighted by atomic mass is 35.5. The molecule has 0 aromatic heterocycles. The molecule has 1 aliphatic heterocycles.